The molecule has 0 aliphatic carbocycles. The molecule has 0 radical (unpaired) electrons. The fraction of sp³-hybridized carbons (Fsp3) is 0.500. The number of nitrogens with two attached hydrogens (primary N) is 1. The number of halogens is 3. The third-order valence-electron chi connectivity index (χ3n) is 2.25. The molecule has 108 valence electrons. The molecule has 0 aliphatic rings. The summed E-state index contributed by atoms with van der Waals surface area (Å²) < 4.78 is 50.2. The lowest BCUT2D eigenvalue weighted by Crippen LogP contribution is -2.19. The van der Waals surface area contributed by atoms with Crippen molar-refractivity contribution in [3.05, 3.63) is 23.8 Å². The maximum Gasteiger partial charge on any atom is 0.411 e. The molecule has 0 heterocycles. The molecule has 1 rings (SSSR count). The van der Waals surface area contributed by atoms with Gasteiger partial charge in [0.1, 0.15) is 18.1 Å². The van der Waals surface area contributed by atoms with Gasteiger partial charge in [-0.1, -0.05) is 6.07 Å². The molecule has 0 aliphatic heterocycles. The predicted octanol–water partition coefficient (Wildman–Crippen LogP) is 2.11. The van der Waals surface area contributed by atoms with Crippen molar-refractivity contribution in [2.24, 2.45) is 5.73 Å². The molecule has 0 saturated carbocycles. The summed E-state index contributed by atoms with van der Waals surface area (Å²) in [6, 6.07) is 5.07. The van der Waals surface area contributed by atoms with Gasteiger partial charge in [0.15, 0.2) is 6.79 Å². The van der Waals surface area contributed by atoms with E-state index < -0.39 is 19.6 Å². The summed E-state index contributed by atoms with van der Waals surface area (Å²) in [7, 11) is 1.49. The van der Waals surface area contributed by atoms with Crippen LogP contribution in [0.5, 0.6) is 11.5 Å². The largest absolute Gasteiger partial charge is 0.497 e. The molecular formula is C12H16F3NO3. The van der Waals surface area contributed by atoms with E-state index in [0.29, 0.717) is 24.5 Å². The Balaban J connectivity index is 2.59. The summed E-state index contributed by atoms with van der Waals surface area (Å²) in [6.45, 7) is -1.42. The second kappa shape index (κ2) is 7.20. The van der Waals surface area contributed by atoms with Gasteiger partial charge in [-0.05, 0) is 24.6 Å². The van der Waals surface area contributed by atoms with Gasteiger partial charge in [0, 0.05) is 6.07 Å². The fourth-order valence-corrected chi connectivity index (χ4v) is 1.42. The maximum absolute atomic E-state index is 11.9. The normalized spacial score (nSPS) is 11.4. The van der Waals surface area contributed by atoms with E-state index in [2.05, 4.69) is 4.74 Å². The minimum Gasteiger partial charge on any atom is -0.497 e. The molecule has 0 atom stereocenters. The molecule has 0 spiro atoms. The van der Waals surface area contributed by atoms with Gasteiger partial charge in [0.2, 0.25) is 0 Å². The topological polar surface area (TPSA) is 53.7 Å². The lowest BCUT2D eigenvalue weighted by atomic mass is 10.1. The minimum absolute atomic E-state index is 0.409. The zero-order valence-corrected chi connectivity index (χ0v) is 10.5. The van der Waals surface area contributed by atoms with Crippen molar-refractivity contribution >= 4 is 0 Å². The van der Waals surface area contributed by atoms with Crippen molar-refractivity contribution in [3.8, 4) is 11.5 Å². The van der Waals surface area contributed by atoms with Crippen LogP contribution in [0.25, 0.3) is 0 Å². The van der Waals surface area contributed by atoms with E-state index in [1.165, 1.54) is 7.11 Å². The van der Waals surface area contributed by atoms with Gasteiger partial charge >= 0.3 is 6.18 Å². The van der Waals surface area contributed by atoms with Crippen molar-refractivity contribution in [2.75, 3.05) is 27.1 Å². The molecule has 4 nitrogen and oxygen atoms in total. The molecule has 1 aromatic rings. The molecule has 0 bridgehead atoms. The number of ether oxygens (including phenoxy) is 3. The highest BCUT2D eigenvalue weighted by atomic mass is 19.4. The van der Waals surface area contributed by atoms with E-state index in [1.807, 2.05) is 0 Å². The second-order valence-corrected chi connectivity index (χ2v) is 3.74. The zero-order chi connectivity index (χ0) is 14.3. The summed E-state index contributed by atoms with van der Waals surface area (Å²) in [5.74, 6) is 0.957. The molecule has 0 amide bonds. The van der Waals surface area contributed by atoms with Crippen LogP contribution in [-0.2, 0) is 11.2 Å². The lowest BCUT2D eigenvalue weighted by molar-refractivity contribution is -0.186. The third kappa shape index (κ3) is 5.80. The predicted molar refractivity (Wildman–Crippen MR) is 63.3 cm³/mol. The van der Waals surface area contributed by atoms with Crippen LogP contribution >= 0.6 is 0 Å². The first-order valence-electron chi connectivity index (χ1n) is 5.60. The Hall–Kier alpha value is -1.47. The van der Waals surface area contributed by atoms with Gasteiger partial charge in [-0.3, -0.25) is 0 Å². The lowest BCUT2D eigenvalue weighted by Gasteiger charge is -2.13. The van der Waals surface area contributed by atoms with E-state index in [9.17, 15) is 13.2 Å². The van der Waals surface area contributed by atoms with Crippen LogP contribution in [-0.4, -0.2) is 33.2 Å². The van der Waals surface area contributed by atoms with E-state index in [-0.39, 0.29) is 0 Å². The summed E-state index contributed by atoms with van der Waals surface area (Å²) in [4.78, 5) is 0. The van der Waals surface area contributed by atoms with E-state index >= 15 is 0 Å². The summed E-state index contributed by atoms with van der Waals surface area (Å²) in [6.07, 6.45) is -3.81. The van der Waals surface area contributed by atoms with Crippen LogP contribution in [0.15, 0.2) is 18.2 Å². The van der Waals surface area contributed by atoms with Crippen LogP contribution in [0.1, 0.15) is 5.56 Å². The molecule has 1 aromatic carbocycles. The quantitative estimate of drug-likeness (QED) is 0.613. The van der Waals surface area contributed by atoms with E-state index in [0.717, 1.165) is 5.56 Å². The van der Waals surface area contributed by atoms with Gasteiger partial charge in [-0.25, -0.2) is 0 Å². The van der Waals surface area contributed by atoms with Crippen LogP contribution in [0.4, 0.5) is 13.2 Å². The Morgan fingerprint density at radius 3 is 2.58 bits per heavy atom. The smallest absolute Gasteiger partial charge is 0.411 e. The van der Waals surface area contributed by atoms with Crippen LogP contribution < -0.4 is 15.2 Å². The monoisotopic (exact) mass is 279 g/mol. The van der Waals surface area contributed by atoms with Crippen molar-refractivity contribution < 1.29 is 27.4 Å². The molecule has 19 heavy (non-hydrogen) atoms. The Labute approximate surface area is 109 Å². The number of methoxy groups -OCH3 is 1. The average molecular weight is 279 g/mol. The number of benzene rings is 1. The molecule has 0 fully saturated rings. The highest BCUT2D eigenvalue weighted by Crippen LogP contribution is 2.25. The Bertz CT molecular complexity index is 396. The summed E-state index contributed by atoms with van der Waals surface area (Å²) >= 11 is 0. The molecule has 7 heteroatoms. The van der Waals surface area contributed by atoms with Gasteiger partial charge in [-0.2, -0.15) is 13.2 Å². The van der Waals surface area contributed by atoms with E-state index in [1.54, 1.807) is 18.2 Å². The molecule has 0 aromatic heterocycles. The Morgan fingerprint density at radius 2 is 2.00 bits per heavy atom. The van der Waals surface area contributed by atoms with Crippen molar-refractivity contribution in [3.63, 3.8) is 0 Å². The first kappa shape index (κ1) is 15.6. The number of rotatable bonds is 7. The van der Waals surface area contributed by atoms with Gasteiger partial charge in [0.25, 0.3) is 0 Å². The first-order valence-corrected chi connectivity index (χ1v) is 5.60. The van der Waals surface area contributed by atoms with Gasteiger partial charge in [0.05, 0.1) is 7.11 Å². The maximum atomic E-state index is 11.9. The molecule has 2 N–H and O–H groups in total. The van der Waals surface area contributed by atoms with Crippen LogP contribution in [0.2, 0.25) is 0 Å². The number of hydrogen-bond acceptors (Lipinski definition) is 4. The van der Waals surface area contributed by atoms with Crippen molar-refractivity contribution in [1.82, 2.24) is 0 Å². The number of hydrogen-bond donors (Lipinski definition) is 1. The zero-order valence-electron chi connectivity index (χ0n) is 10.5. The fourth-order valence-electron chi connectivity index (χ4n) is 1.42. The SMILES string of the molecule is COc1ccc(CCN)c(OCOCC(F)(F)F)c1. The van der Waals surface area contributed by atoms with Gasteiger partial charge < -0.3 is 19.9 Å². The van der Waals surface area contributed by atoms with Crippen molar-refractivity contribution in [1.29, 1.82) is 0 Å². The Morgan fingerprint density at radius 1 is 1.26 bits per heavy atom. The summed E-state index contributed by atoms with van der Waals surface area (Å²) in [5.41, 5.74) is 6.24. The standard InChI is InChI=1S/C12H16F3NO3/c1-17-10-3-2-9(4-5-16)11(6-10)19-8-18-7-12(13,14)15/h2-3,6H,4-5,7-8,16H2,1H3. The van der Waals surface area contributed by atoms with Gasteiger partial charge in [-0.15, -0.1) is 0 Å². The second-order valence-electron chi connectivity index (χ2n) is 3.74. The minimum atomic E-state index is -4.36. The summed E-state index contributed by atoms with van der Waals surface area (Å²) in [5, 5.41) is 0. The van der Waals surface area contributed by atoms with Crippen LogP contribution in [0.3, 0.4) is 0 Å². The Kier molecular flexibility index (Phi) is 5.91. The average Bonchev–Trinajstić information content (AvgIpc) is 2.35. The van der Waals surface area contributed by atoms with Crippen molar-refractivity contribution in [2.45, 2.75) is 12.6 Å². The highest BCUT2D eigenvalue weighted by molar-refractivity contribution is 5.40. The van der Waals surface area contributed by atoms with Crippen LogP contribution in [0, 0.1) is 0 Å². The first-order chi connectivity index (χ1) is 8.96. The molecular weight excluding hydrogens is 263 g/mol. The third-order valence-corrected chi connectivity index (χ3v) is 2.25. The molecule has 0 unspecified atom stereocenters. The van der Waals surface area contributed by atoms with E-state index in [4.69, 9.17) is 15.2 Å². The number of alkyl halides is 3. The molecule has 0 saturated heterocycles. The highest BCUT2D eigenvalue weighted by Gasteiger charge is 2.27.